The second-order valence-electron chi connectivity index (χ2n) is 8.47. The number of aliphatic hydroxyl groups excluding tert-OH is 1. The van der Waals surface area contributed by atoms with Crippen LogP contribution in [0.3, 0.4) is 0 Å². The molecular formula is C25H27N7O2. The third-order valence-electron chi connectivity index (χ3n) is 6.20. The van der Waals surface area contributed by atoms with E-state index < -0.39 is 0 Å². The first kappa shape index (κ1) is 22.0. The summed E-state index contributed by atoms with van der Waals surface area (Å²) in [7, 11) is 1.81. The van der Waals surface area contributed by atoms with E-state index in [-0.39, 0.29) is 12.5 Å². The summed E-state index contributed by atoms with van der Waals surface area (Å²) < 4.78 is 1.67. The van der Waals surface area contributed by atoms with Crippen molar-refractivity contribution in [1.82, 2.24) is 25.1 Å². The third-order valence-corrected chi connectivity index (χ3v) is 6.20. The van der Waals surface area contributed by atoms with Crippen LogP contribution in [0, 0.1) is 0 Å². The van der Waals surface area contributed by atoms with Gasteiger partial charge < -0.3 is 21.1 Å². The van der Waals surface area contributed by atoms with Gasteiger partial charge in [0, 0.05) is 42.0 Å². The van der Waals surface area contributed by atoms with Crippen molar-refractivity contribution < 1.29 is 9.90 Å². The van der Waals surface area contributed by atoms with Gasteiger partial charge in [0.2, 0.25) is 0 Å². The molecule has 5 rings (SSSR count). The lowest BCUT2D eigenvalue weighted by atomic mass is 10.0. The van der Waals surface area contributed by atoms with E-state index in [0.717, 1.165) is 53.5 Å². The zero-order valence-corrected chi connectivity index (χ0v) is 19.0. The Hall–Kier alpha value is -3.82. The molecule has 1 aliphatic heterocycles. The average molecular weight is 458 g/mol. The van der Waals surface area contributed by atoms with Gasteiger partial charge >= 0.3 is 0 Å². The molecule has 0 aliphatic carbocycles. The summed E-state index contributed by atoms with van der Waals surface area (Å²) in [5, 5.41) is 25.5. The topological polar surface area (TPSA) is 117 Å². The van der Waals surface area contributed by atoms with E-state index in [2.05, 4.69) is 31.0 Å². The maximum absolute atomic E-state index is 12.9. The molecule has 4 aromatic rings. The van der Waals surface area contributed by atoms with Crippen LogP contribution in [0.2, 0.25) is 0 Å². The number of aromatic nitrogens is 4. The molecule has 4 N–H and O–H groups in total. The summed E-state index contributed by atoms with van der Waals surface area (Å²) in [6, 6.07) is 11.6. The van der Waals surface area contributed by atoms with Gasteiger partial charge in [-0.05, 0) is 61.1 Å². The zero-order valence-electron chi connectivity index (χ0n) is 19.0. The standard InChI is InChI=1S/C25H27N7O2/c1-32-22(15-33)21(14-29-32)16-2-3-18-13-28-24(12-19(18)10-16)31-25(34)17-4-9-27-23(11-17)30-20-5-7-26-8-6-20/h2-4,9-14,20,26,33H,5-8,15H2,1H3,(H,27,30)(H,28,31,34). The van der Waals surface area contributed by atoms with Crippen molar-refractivity contribution in [3.8, 4) is 11.1 Å². The lowest BCUT2D eigenvalue weighted by molar-refractivity contribution is 0.102. The number of amides is 1. The van der Waals surface area contributed by atoms with Gasteiger partial charge in [-0.3, -0.25) is 9.48 Å². The van der Waals surface area contributed by atoms with E-state index in [1.54, 1.807) is 42.5 Å². The van der Waals surface area contributed by atoms with Crippen LogP contribution in [0.15, 0.2) is 55.0 Å². The van der Waals surface area contributed by atoms with Crippen LogP contribution in [0.4, 0.5) is 11.6 Å². The van der Waals surface area contributed by atoms with Crippen molar-refractivity contribution >= 4 is 28.3 Å². The molecule has 9 nitrogen and oxygen atoms in total. The molecule has 1 fully saturated rings. The number of fused-ring (bicyclic) bond motifs is 1. The number of benzene rings is 1. The summed E-state index contributed by atoms with van der Waals surface area (Å²) in [6.07, 6.45) is 7.18. The molecule has 3 aromatic heterocycles. The number of rotatable bonds is 6. The fraction of sp³-hybridized carbons (Fsp3) is 0.280. The second kappa shape index (κ2) is 9.58. The van der Waals surface area contributed by atoms with Gasteiger partial charge in [-0.25, -0.2) is 9.97 Å². The van der Waals surface area contributed by atoms with Crippen LogP contribution in [0.1, 0.15) is 28.9 Å². The molecule has 34 heavy (non-hydrogen) atoms. The molecule has 1 aromatic carbocycles. The highest BCUT2D eigenvalue weighted by Gasteiger charge is 2.15. The minimum absolute atomic E-state index is 0.0953. The number of carbonyl (C=O) groups excluding carboxylic acids is 1. The lowest BCUT2D eigenvalue weighted by Gasteiger charge is -2.24. The van der Waals surface area contributed by atoms with Gasteiger partial charge in [-0.1, -0.05) is 12.1 Å². The monoisotopic (exact) mass is 457 g/mol. The van der Waals surface area contributed by atoms with E-state index in [1.807, 2.05) is 24.3 Å². The summed E-state index contributed by atoms with van der Waals surface area (Å²) in [5.74, 6) is 0.924. The molecule has 4 heterocycles. The number of nitrogens with one attached hydrogen (secondary N) is 3. The summed E-state index contributed by atoms with van der Waals surface area (Å²) in [5.41, 5.74) is 3.08. The number of hydrogen-bond donors (Lipinski definition) is 4. The fourth-order valence-corrected chi connectivity index (χ4v) is 4.28. The van der Waals surface area contributed by atoms with Crippen molar-refractivity contribution in [3.63, 3.8) is 0 Å². The van der Waals surface area contributed by atoms with Crippen LogP contribution >= 0.6 is 0 Å². The number of aliphatic hydroxyl groups is 1. The first-order valence-corrected chi connectivity index (χ1v) is 11.4. The second-order valence-corrected chi connectivity index (χ2v) is 8.47. The quantitative estimate of drug-likeness (QED) is 0.352. The maximum atomic E-state index is 12.9. The number of nitrogens with zero attached hydrogens (tertiary/aromatic N) is 4. The normalized spacial score (nSPS) is 14.3. The maximum Gasteiger partial charge on any atom is 0.257 e. The smallest absolute Gasteiger partial charge is 0.257 e. The molecule has 9 heteroatoms. The van der Waals surface area contributed by atoms with Gasteiger partial charge in [0.25, 0.3) is 5.91 Å². The molecule has 1 aliphatic rings. The molecule has 0 spiro atoms. The SMILES string of the molecule is Cn1ncc(-c2ccc3cnc(NC(=O)c4ccnc(NC5CCNCC5)c4)cc3c2)c1CO. The largest absolute Gasteiger partial charge is 0.390 e. The minimum atomic E-state index is -0.242. The number of carbonyl (C=O) groups is 1. The third kappa shape index (κ3) is 4.61. The highest BCUT2D eigenvalue weighted by atomic mass is 16.3. The van der Waals surface area contributed by atoms with Crippen LogP contribution in [0.5, 0.6) is 0 Å². The predicted molar refractivity (Wildman–Crippen MR) is 132 cm³/mol. The van der Waals surface area contributed by atoms with Gasteiger partial charge in [0.15, 0.2) is 0 Å². The molecule has 1 saturated heterocycles. The number of pyridine rings is 2. The Kier molecular flexibility index (Phi) is 6.20. The van der Waals surface area contributed by atoms with E-state index in [0.29, 0.717) is 23.2 Å². The van der Waals surface area contributed by atoms with Crippen LogP contribution in [-0.4, -0.2) is 49.9 Å². The summed E-state index contributed by atoms with van der Waals surface area (Å²) >= 11 is 0. The minimum Gasteiger partial charge on any atom is -0.390 e. The van der Waals surface area contributed by atoms with E-state index >= 15 is 0 Å². The molecular weight excluding hydrogens is 430 g/mol. The van der Waals surface area contributed by atoms with E-state index in [4.69, 9.17) is 0 Å². The van der Waals surface area contributed by atoms with Gasteiger partial charge in [-0.2, -0.15) is 5.10 Å². The Bertz CT molecular complexity index is 1330. The van der Waals surface area contributed by atoms with Gasteiger partial charge in [0.05, 0.1) is 18.5 Å². The number of aryl methyl sites for hydroxylation is 1. The van der Waals surface area contributed by atoms with Crippen molar-refractivity contribution in [3.05, 3.63) is 66.2 Å². The first-order valence-electron chi connectivity index (χ1n) is 11.4. The molecule has 0 atom stereocenters. The van der Waals surface area contributed by atoms with Crippen LogP contribution in [-0.2, 0) is 13.7 Å². The molecule has 0 saturated carbocycles. The number of hydrogen-bond acceptors (Lipinski definition) is 7. The van der Waals surface area contributed by atoms with Crippen molar-refractivity contribution in [1.29, 1.82) is 0 Å². The molecule has 0 bridgehead atoms. The molecule has 1 amide bonds. The van der Waals surface area contributed by atoms with Crippen LogP contribution in [0.25, 0.3) is 21.9 Å². The van der Waals surface area contributed by atoms with Crippen molar-refractivity contribution in [2.75, 3.05) is 23.7 Å². The van der Waals surface area contributed by atoms with Gasteiger partial charge in [0.1, 0.15) is 11.6 Å². The lowest BCUT2D eigenvalue weighted by Crippen LogP contribution is -2.35. The first-order chi connectivity index (χ1) is 16.6. The molecule has 0 radical (unpaired) electrons. The Morgan fingerprint density at radius 1 is 1.09 bits per heavy atom. The molecule has 0 unspecified atom stereocenters. The highest BCUT2D eigenvalue weighted by molar-refractivity contribution is 6.05. The average Bonchev–Trinajstić information content (AvgIpc) is 3.24. The Morgan fingerprint density at radius 3 is 2.76 bits per heavy atom. The number of anilines is 2. The molecule has 174 valence electrons. The summed E-state index contributed by atoms with van der Waals surface area (Å²) in [6.45, 7) is 1.87. The fourth-order valence-electron chi connectivity index (χ4n) is 4.28. The Morgan fingerprint density at radius 2 is 1.94 bits per heavy atom. The van der Waals surface area contributed by atoms with Crippen LogP contribution < -0.4 is 16.0 Å². The Labute approximate surface area is 197 Å². The summed E-state index contributed by atoms with van der Waals surface area (Å²) in [4.78, 5) is 21.7. The predicted octanol–water partition coefficient (Wildman–Crippen LogP) is 2.94. The van der Waals surface area contributed by atoms with Crippen molar-refractivity contribution in [2.45, 2.75) is 25.5 Å². The highest BCUT2D eigenvalue weighted by Crippen LogP contribution is 2.28. The van der Waals surface area contributed by atoms with Crippen molar-refractivity contribution in [2.24, 2.45) is 7.05 Å². The Balaban J connectivity index is 1.35. The number of piperidine rings is 1. The zero-order chi connectivity index (χ0) is 23.5. The van der Waals surface area contributed by atoms with E-state index in [9.17, 15) is 9.90 Å². The van der Waals surface area contributed by atoms with E-state index in [1.165, 1.54) is 0 Å². The van der Waals surface area contributed by atoms with Gasteiger partial charge in [-0.15, -0.1) is 0 Å².